The maximum atomic E-state index is 6.44. The summed E-state index contributed by atoms with van der Waals surface area (Å²) in [6, 6.07) is 37.7. The van der Waals surface area contributed by atoms with Crippen molar-refractivity contribution in [2.45, 2.75) is 5.92 Å². The zero-order valence-electron chi connectivity index (χ0n) is 19.7. The minimum absolute atomic E-state index is 0.105. The highest BCUT2D eigenvalue weighted by molar-refractivity contribution is 5.95. The van der Waals surface area contributed by atoms with Crippen molar-refractivity contribution in [3.63, 3.8) is 0 Å². The van der Waals surface area contributed by atoms with Crippen LogP contribution in [0.4, 0.5) is 0 Å². The van der Waals surface area contributed by atoms with Crippen molar-refractivity contribution in [3.8, 4) is 23.0 Å². The van der Waals surface area contributed by atoms with E-state index in [1.807, 2.05) is 24.3 Å². The van der Waals surface area contributed by atoms with E-state index in [9.17, 15) is 0 Å². The van der Waals surface area contributed by atoms with Crippen LogP contribution in [0.3, 0.4) is 0 Å². The summed E-state index contributed by atoms with van der Waals surface area (Å²) in [7, 11) is 0. The van der Waals surface area contributed by atoms with Gasteiger partial charge in [-0.1, -0.05) is 103 Å². The summed E-state index contributed by atoms with van der Waals surface area (Å²) in [6.45, 7) is 0. The molecule has 1 aliphatic heterocycles. The summed E-state index contributed by atoms with van der Waals surface area (Å²) in [6.07, 6.45) is 1.70. The smallest absolute Gasteiger partial charge is 0.228 e. The fourth-order valence-corrected chi connectivity index (χ4v) is 5.62. The minimum Gasteiger partial charge on any atom is -0.438 e. The quantitative estimate of drug-likeness (QED) is 0.261. The molecule has 5 aromatic carbocycles. The van der Waals surface area contributed by atoms with Crippen molar-refractivity contribution in [3.05, 3.63) is 132 Å². The number of ether oxygens (including phenoxy) is 1. The molecule has 2 aromatic heterocycles. The van der Waals surface area contributed by atoms with E-state index in [0.717, 1.165) is 49.8 Å². The van der Waals surface area contributed by atoms with Gasteiger partial charge in [0, 0.05) is 17.0 Å². The fraction of sp³-hybridized carbons (Fsp3) is 0.0312. The molecule has 5 heteroatoms. The first-order valence-electron chi connectivity index (χ1n) is 12.3. The lowest BCUT2D eigenvalue weighted by Gasteiger charge is -2.29. The zero-order chi connectivity index (χ0) is 24.3. The molecule has 0 aliphatic carbocycles. The van der Waals surface area contributed by atoms with E-state index in [2.05, 4.69) is 84.9 Å². The van der Waals surface area contributed by atoms with Crippen molar-refractivity contribution in [1.29, 1.82) is 0 Å². The van der Waals surface area contributed by atoms with E-state index in [1.165, 1.54) is 5.39 Å². The highest BCUT2D eigenvalue weighted by Crippen LogP contribution is 2.50. The molecule has 7 aromatic rings. The minimum atomic E-state index is -0.105. The molecular formula is C32H20N4O. The molecule has 174 valence electrons. The first kappa shape index (κ1) is 20.2. The topological polar surface area (TPSA) is 52.3 Å². The second kappa shape index (κ2) is 7.73. The van der Waals surface area contributed by atoms with Crippen LogP contribution in [-0.2, 0) is 0 Å². The summed E-state index contributed by atoms with van der Waals surface area (Å²) in [5.74, 6) is 1.96. The van der Waals surface area contributed by atoms with Crippen LogP contribution >= 0.6 is 0 Å². The number of aromatic nitrogens is 4. The number of hydrogen-bond acceptors (Lipinski definition) is 4. The van der Waals surface area contributed by atoms with Crippen LogP contribution in [0.1, 0.15) is 22.6 Å². The van der Waals surface area contributed by atoms with Gasteiger partial charge in [-0.25, -0.2) is 14.5 Å². The van der Waals surface area contributed by atoms with Gasteiger partial charge in [-0.05, 0) is 33.2 Å². The number of nitrogens with zero attached hydrogens (tertiary/aromatic N) is 4. The zero-order valence-corrected chi connectivity index (χ0v) is 19.7. The van der Waals surface area contributed by atoms with Gasteiger partial charge in [0.05, 0.1) is 5.56 Å². The van der Waals surface area contributed by atoms with Crippen LogP contribution in [-0.4, -0.2) is 19.6 Å². The van der Waals surface area contributed by atoms with Gasteiger partial charge in [0.2, 0.25) is 5.88 Å². The average Bonchev–Trinajstić information content (AvgIpc) is 3.40. The molecule has 1 aliphatic rings. The van der Waals surface area contributed by atoms with E-state index in [0.29, 0.717) is 11.7 Å². The summed E-state index contributed by atoms with van der Waals surface area (Å²) < 4.78 is 8.22. The molecule has 5 nitrogen and oxygen atoms in total. The molecule has 0 N–H and O–H groups in total. The number of rotatable bonds is 2. The Morgan fingerprint density at radius 2 is 1.38 bits per heavy atom. The summed E-state index contributed by atoms with van der Waals surface area (Å²) in [5, 5.41) is 9.49. The van der Waals surface area contributed by atoms with Crippen LogP contribution in [0.25, 0.3) is 38.6 Å². The molecule has 8 rings (SSSR count). The Morgan fingerprint density at radius 1 is 0.649 bits per heavy atom. The van der Waals surface area contributed by atoms with Crippen molar-refractivity contribution < 1.29 is 4.74 Å². The third kappa shape index (κ3) is 3.01. The van der Waals surface area contributed by atoms with Crippen LogP contribution in [0.2, 0.25) is 0 Å². The molecular weight excluding hydrogens is 456 g/mol. The van der Waals surface area contributed by atoms with Gasteiger partial charge in [-0.3, -0.25) is 0 Å². The molecule has 0 radical (unpaired) electrons. The lowest BCUT2D eigenvalue weighted by Crippen LogP contribution is -2.15. The Hall–Kier alpha value is -5.03. The van der Waals surface area contributed by atoms with Gasteiger partial charge in [-0.15, -0.1) is 5.10 Å². The van der Waals surface area contributed by atoms with Gasteiger partial charge in [-0.2, -0.15) is 0 Å². The Kier molecular flexibility index (Phi) is 4.22. The normalized spacial score (nSPS) is 14.4. The number of fused-ring (bicyclic) bond motifs is 7. The predicted molar refractivity (Wildman–Crippen MR) is 145 cm³/mol. The summed E-state index contributed by atoms with van der Waals surface area (Å²) in [5.41, 5.74) is 4.96. The van der Waals surface area contributed by atoms with Gasteiger partial charge in [0.25, 0.3) is 0 Å². The van der Waals surface area contributed by atoms with Gasteiger partial charge in [0.1, 0.15) is 12.1 Å². The molecule has 37 heavy (non-hydrogen) atoms. The van der Waals surface area contributed by atoms with Gasteiger partial charge in [0.15, 0.2) is 11.5 Å². The Bertz CT molecular complexity index is 1970. The van der Waals surface area contributed by atoms with Crippen LogP contribution < -0.4 is 4.74 Å². The third-order valence-corrected chi connectivity index (χ3v) is 7.27. The Labute approximate surface area is 212 Å². The molecule has 0 bridgehead atoms. The Morgan fingerprint density at radius 3 is 2.24 bits per heavy atom. The van der Waals surface area contributed by atoms with Crippen molar-refractivity contribution >= 4 is 27.2 Å². The highest BCUT2D eigenvalue weighted by Gasteiger charge is 2.34. The van der Waals surface area contributed by atoms with Crippen LogP contribution in [0, 0.1) is 0 Å². The predicted octanol–water partition coefficient (Wildman–Crippen LogP) is 7.38. The van der Waals surface area contributed by atoms with E-state index in [4.69, 9.17) is 19.8 Å². The van der Waals surface area contributed by atoms with E-state index in [-0.39, 0.29) is 5.92 Å². The van der Waals surface area contributed by atoms with Crippen molar-refractivity contribution in [2.24, 2.45) is 0 Å². The van der Waals surface area contributed by atoms with E-state index in [1.54, 1.807) is 10.8 Å². The first-order valence-corrected chi connectivity index (χ1v) is 12.3. The molecule has 0 saturated heterocycles. The monoisotopic (exact) mass is 476 g/mol. The fourth-order valence-electron chi connectivity index (χ4n) is 5.62. The number of hydrogen-bond donors (Lipinski definition) is 0. The van der Waals surface area contributed by atoms with Crippen LogP contribution in [0.15, 0.2) is 116 Å². The molecule has 1 atom stereocenters. The summed E-state index contributed by atoms with van der Waals surface area (Å²) in [4.78, 5) is 9.82. The molecule has 0 fully saturated rings. The highest BCUT2D eigenvalue weighted by atomic mass is 16.5. The van der Waals surface area contributed by atoms with E-state index < -0.39 is 0 Å². The maximum absolute atomic E-state index is 6.44. The second-order valence-corrected chi connectivity index (χ2v) is 9.34. The van der Waals surface area contributed by atoms with Crippen molar-refractivity contribution in [2.75, 3.05) is 0 Å². The molecule has 0 spiro atoms. The third-order valence-electron chi connectivity index (χ3n) is 7.27. The van der Waals surface area contributed by atoms with E-state index >= 15 is 0 Å². The molecule has 3 heterocycles. The largest absolute Gasteiger partial charge is 0.438 e. The van der Waals surface area contributed by atoms with Gasteiger partial charge >= 0.3 is 0 Å². The average molecular weight is 477 g/mol. The van der Waals surface area contributed by atoms with Gasteiger partial charge < -0.3 is 4.74 Å². The lowest BCUT2D eigenvalue weighted by molar-refractivity contribution is 0.433. The molecule has 0 saturated carbocycles. The summed E-state index contributed by atoms with van der Waals surface area (Å²) >= 11 is 0. The van der Waals surface area contributed by atoms with Crippen LogP contribution in [0.5, 0.6) is 11.6 Å². The Balaban J connectivity index is 1.43. The second-order valence-electron chi connectivity index (χ2n) is 9.34. The first-order chi connectivity index (χ1) is 18.3. The standard InChI is InChI=1S/C32H20N4O/c1-2-11-22(12-3-1)27-28-24-15-7-5-10-21(24)17-18-26(28)37-32-29(27)31-34-30(35-36(31)19-33-32)25-16-8-13-20-9-4-6-14-23(20)25/h1-19,27H/t27-/m0/s1. The number of benzene rings is 5. The molecule has 0 unspecified atom stereocenters. The van der Waals surface area contributed by atoms with Crippen molar-refractivity contribution in [1.82, 2.24) is 19.6 Å². The lowest BCUT2D eigenvalue weighted by atomic mass is 9.81. The maximum Gasteiger partial charge on any atom is 0.228 e. The SMILES string of the molecule is c1ccc([C@H]2c3c(ccc4ccccc34)Oc3ncn4nc(-c5cccc6ccccc56)nc4c32)cc1. The molecule has 0 amide bonds.